The number of nitrogens with two attached hydrogens (primary N) is 1. The zero-order valence-electron chi connectivity index (χ0n) is 10.6. The van der Waals surface area contributed by atoms with Gasteiger partial charge >= 0.3 is 0 Å². The maximum absolute atomic E-state index is 5.69. The van der Waals surface area contributed by atoms with E-state index in [1.165, 1.54) is 5.56 Å². The summed E-state index contributed by atoms with van der Waals surface area (Å²) in [6.07, 6.45) is 1.88. The molecule has 0 atom stereocenters. The van der Waals surface area contributed by atoms with E-state index in [0.717, 1.165) is 29.3 Å². The molecule has 0 radical (unpaired) electrons. The van der Waals surface area contributed by atoms with Crippen molar-refractivity contribution in [1.82, 2.24) is 4.98 Å². The minimum atomic E-state index is 0.518. The van der Waals surface area contributed by atoms with E-state index in [0.29, 0.717) is 13.2 Å². The van der Waals surface area contributed by atoms with E-state index in [4.69, 9.17) is 10.5 Å². The summed E-state index contributed by atoms with van der Waals surface area (Å²) in [6, 6.07) is 8.24. The molecule has 2 aromatic rings. The lowest BCUT2D eigenvalue weighted by Gasteiger charge is -2.05. The number of ether oxygens (including phenoxy) is 1. The van der Waals surface area contributed by atoms with Crippen LogP contribution in [0.15, 0.2) is 29.6 Å². The van der Waals surface area contributed by atoms with E-state index in [1.54, 1.807) is 11.3 Å². The van der Waals surface area contributed by atoms with Crippen LogP contribution in [0.4, 0.5) is 0 Å². The highest BCUT2D eigenvalue weighted by molar-refractivity contribution is 7.09. The maximum atomic E-state index is 5.69. The highest BCUT2D eigenvalue weighted by Crippen LogP contribution is 2.14. The molecule has 18 heavy (non-hydrogen) atoms. The summed E-state index contributed by atoms with van der Waals surface area (Å²) >= 11 is 1.61. The minimum Gasteiger partial charge on any atom is -0.493 e. The lowest BCUT2D eigenvalue weighted by atomic mass is 10.2. The standard InChI is InChI=1S/C14H18N2OS/c1-2-11-3-5-13(6-4-11)17-8-7-12-10-18-14(9-15)16-12/h3-6,10H,2,7-9,15H2,1H3. The smallest absolute Gasteiger partial charge is 0.119 e. The third kappa shape index (κ3) is 3.55. The van der Waals surface area contributed by atoms with Crippen LogP contribution in [0.1, 0.15) is 23.2 Å². The fourth-order valence-electron chi connectivity index (χ4n) is 1.65. The van der Waals surface area contributed by atoms with Crippen molar-refractivity contribution >= 4 is 11.3 Å². The van der Waals surface area contributed by atoms with Gasteiger partial charge in [-0.25, -0.2) is 4.98 Å². The molecular weight excluding hydrogens is 244 g/mol. The van der Waals surface area contributed by atoms with Gasteiger partial charge in [-0.1, -0.05) is 19.1 Å². The van der Waals surface area contributed by atoms with Crippen LogP contribution >= 0.6 is 11.3 Å². The van der Waals surface area contributed by atoms with Crippen molar-refractivity contribution in [3.05, 3.63) is 45.9 Å². The van der Waals surface area contributed by atoms with Gasteiger partial charge in [0.2, 0.25) is 0 Å². The van der Waals surface area contributed by atoms with E-state index in [1.807, 2.05) is 17.5 Å². The molecule has 0 saturated carbocycles. The first-order valence-electron chi connectivity index (χ1n) is 6.17. The Labute approximate surface area is 112 Å². The van der Waals surface area contributed by atoms with Crippen LogP contribution in [-0.2, 0) is 19.4 Å². The second-order valence-electron chi connectivity index (χ2n) is 4.03. The summed E-state index contributed by atoms with van der Waals surface area (Å²) in [5.74, 6) is 0.918. The second kappa shape index (κ2) is 6.52. The first-order chi connectivity index (χ1) is 8.81. The quantitative estimate of drug-likeness (QED) is 0.871. The summed E-state index contributed by atoms with van der Waals surface area (Å²) in [4.78, 5) is 4.40. The molecule has 1 aromatic heterocycles. The predicted octanol–water partition coefficient (Wildman–Crippen LogP) is 2.79. The minimum absolute atomic E-state index is 0.518. The Balaban J connectivity index is 1.80. The van der Waals surface area contributed by atoms with Crippen molar-refractivity contribution in [2.45, 2.75) is 26.3 Å². The molecule has 2 rings (SSSR count). The van der Waals surface area contributed by atoms with Crippen LogP contribution < -0.4 is 10.5 Å². The third-order valence-corrected chi connectivity index (χ3v) is 3.65. The molecule has 0 bridgehead atoms. The van der Waals surface area contributed by atoms with E-state index >= 15 is 0 Å². The molecule has 0 saturated heterocycles. The van der Waals surface area contributed by atoms with Crippen LogP contribution in [0.3, 0.4) is 0 Å². The van der Waals surface area contributed by atoms with Crippen molar-refractivity contribution in [3.8, 4) is 5.75 Å². The number of thiazole rings is 1. The van der Waals surface area contributed by atoms with Gasteiger partial charge in [0.1, 0.15) is 10.8 Å². The molecule has 2 N–H and O–H groups in total. The Morgan fingerprint density at radius 3 is 2.67 bits per heavy atom. The molecule has 96 valence electrons. The Kier molecular flexibility index (Phi) is 4.73. The number of rotatable bonds is 6. The van der Waals surface area contributed by atoms with E-state index < -0.39 is 0 Å². The number of hydrogen-bond acceptors (Lipinski definition) is 4. The predicted molar refractivity (Wildman–Crippen MR) is 75.0 cm³/mol. The van der Waals surface area contributed by atoms with Crippen LogP contribution in [0.25, 0.3) is 0 Å². The Hall–Kier alpha value is -1.39. The summed E-state index contributed by atoms with van der Waals surface area (Å²) in [5.41, 5.74) is 7.92. The Morgan fingerprint density at radius 2 is 2.06 bits per heavy atom. The first kappa shape index (κ1) is 13.1. The lowest BCUT2D eigenvalue weighted by Crippen LogP contribution is -2.02. The molecule has 1 heterocycles. The van der Waals surface area contributed by atoms with Gasteiger partial charge in [0.25, 0.3) is 0 Å². The average molecular weight is 262 g/mol. The molecule has 1 aromatic carbocycles. The van der Waals surface area contributed by atoms with E-state index in [2.05, 4.69) is 24.0 Å². The first-order valence-corrected chi connectivity index (χ1v) is 7.05. The van der Waals surface area contributed by atoms with Crippen LogP contribution in [-0.4, -0.2) is 11.6 Å². The zero-order chi connectivity index (χ0) is 12.8. The van der Waals surface area contributed by atoms with Crippen molar-refractivity contribution in [2.75, 3.05) is 6.61 Å². The van der Waals surface area contributed by atoms with Gasteiger partial charge in [-0.3, -0.25) is 0 Å². The normalized spacial score (nSPS) is 10.6. The molecule has 0 amide bonds. The van der Waals surface area contributed by atoms with Crippen molar-refractivity contribution in [2.24, 2.45) is 5.73 Å². The van der Waals surface area contributed by atoms with Crippen LogP contribution in [0.5, 0.6) is 5.75 Å². The topological polar surface area (TPSA) is 48.1 Å². The fourth-order valence-corrected chi connectivity index (χ4v) is 2.36. The summed E-state index contributed by atoms with van der Waals surface area (Å²) < 4.78 is 5.69. The number of aryl methyl sites for hydroxylation is 1. The zero-order valence-corrected chi connectivity index (χ0v) is 11.4. The van der Waals surface area contributed by atoms with E-state index in [-0.39, 0.29) is 0 Å². The monoisotopic (exact) mass is 262 g/mol. The van der Waals surface area contributed by atoms with Gasteiger partial charge < -0.3 is 10.5 Å². The van der Waals surface area contributed by atoms with Gasteiger partial charge in [-0.15, -0.1) is 11.3 Å². The molecule has 0 unspecified atom stereocenters. The summed E-state index contributed by atoms with van der Waals surface area (Å²) in [5, 5.41) is 3.03. The van der Waals surface area contributed by atoms with Gasteiger partial charge in [0.15, 0.2) is 0 Å². The Bertz CT molecular complexity index is 479. The lowest BCUT2D eigenvalue weighted by molar-refractivity contribution is 0.320. The fraction of sp³-hybridized carbons (Fsp3) is 0.357. The SMILES string of the molecule is CCc1ccc(OCCc2csc(CN)n2)cc1. The van der Waals surface area contributed by atoms with Crippen molar-refractivity contribution < 1.29 is 4.74 Å². The second-order valence-corrected chi connectivity index (χ2v) is 4.98. The molecule has 0 aliphatic rings. The third-order valence-electron chi connectivity index (χ3n) is 2.73. The van der Waals surface area contributed by atoms with Gasteiger partial charge in [-0.05, 0) is 24.1 Å². The molecule has 0 fully saturated rings. The molecule has 4 heteroatoms. The van der Waals surface area contributed by atoms with Gasteiger partial charge in [0, 0.05) is 18.3 Å². The van der Waals surface area contributed by atoms with Crippen LogP contribution in [0, 0.1) is 0 Å². The van der Waals surface area contributed by atoms with Crippen molar-refractivity contribution in [3.63, 3.8) is 0 Å². The summed E-state index contributed by atoms with van der Waals surface area (Å²) in [7, 11) is 0. The molecule has 0 aliphatic heterocycles. The van der Waals surface area contributed by atoms with E-state index in [9.17, 15) is 0 Å². The van der Waals surface area contributed by atoms with Gasteiger partial charge in [0.05, 0.1) is 12.3 Å². The molecule has 0 spiro atoms. The highest BCUT2D eigenvalue weighted by Gasteiger charge is 2.01. The number of nitrogens with zero attached hydrogens (tertiary/aromatic N) is 1. The molecule has 3 nitrogen and oxygen atoms in total. The number of hydrogen-bond donors (Lipinski definition) is 1. The molecule has 0 aliphatic carbocycles. The molecular formula is C14H18N2OS. The van der Waals surface area contributed by atoms with Gasteiger partial charge in [-0.2, -0.15) is 0 Å². The largest absolute Gasteiger partial charge is 0.493 e. The summed E-state index contributed by atoms with van der Waals surface area (Å²) in [6.45, 7) is 3.32. The number of benzene rings is 1. The Morgan fingerprint density at radius 1 is 1.28 bits per heavy atom. The highest BCUT2D eigenvalue weighted by atomic mass is 32.1. The number of aromatic nitrogens is 1. The van der Waals surface area contributed by atoms with Crippen LogP contribution in [0.2, 0.25) is 0 Å². The maximum Gasteiger partial charge on any atom is 0.119 e. The average Bonchev–Trinajstić information content (AvgIpc) is 2.87. The van der Waals surface area contributed by atoms with Crippen molar-refractivity contribution in [1.29, 1.82) is 0 Å².